The molecule has 2 aromatic rings. The standard InChI is InChI=1S/C21H21F3N2O2/c1-2-26(17-9-10-18(23)19(24)12-17)21(28)15-4-3-11-25(13-15)20(27)14-5-7-16(22)8-6-14/h5-10,12,15H,2-4,11,13H2,1H3. The van der Waals surface area contributed by atoms with Crippen LogP contribution in [0.5, 0.6) is 0 Å². The maximum Gasteiger partial charge on any atom is 0.253 e. The van der Waals surface area contributed by atoms with Gasteiger partial charge in [-0.2, -0.15) is 0 Å². The van der Waals surface area contributed by atoms with Crippen LogP contribution in [-0.2, 0) is 4.79 Å². The Kier molecular flexibility index (Phi) is 6.02. The minimum absolute atomic E-state index is 0.231. The SMILES string of the molecule is CCN(C(=O)C1CCCN(C(=O)c2ccc(F)cc2)C1)c1ccc(F)c(F)c1. The van der Waals surface area contributed by atoms with Crippen LogP contribution in [0.15, 0.2) is 42.5 Å². The van der Waals surface area contributed by atoms with Crippen molar-refractivity contribution in [2.45, 2.75) is 19.8 Å². The van der Waals surface area contributed by atoms with E-state index in [0.29, 0.717) is 31.5 Å². The van der Waals surface area contributed by atoms with Gasteiger partial charge >= 0.3 is 0 Å². The molecule has 1 aliphatic heterocycles. The Morgan fingerprint density at radius 2 is 1.79 bits per heavy atom. The molecule has 0 bridgehead atoms. The molecular weight excluding hydrogens is 369 g/mol. The zero-order valence-corrected chi connectivity index (χ0v) is 15.5. The lowest BCUT2D eigenvalue weighted by molar-refractivity contribution is -0.123. The van der Waals surface area contributed by atoms with E-state index < -0.39 is 23.4 Å². The van der Waals surface area contributed by atoms with Gasteiger partial charge in [-0.1, -0.05) is 0 Å². The van der Waals surface area contributed by atoms with Gasteiger partial charge in [0, 0.05) is 37.0 Å². The second-order valence-electron chi connectivity index (χ2n) is 6.78. The van der Waals surface area contributed by atoms with Gasteiger partial charge in [0.25, 0.3) is 5.91 Å². The van der Waals surface area contributed by atoms with E-state index in [0.717, 1.165) is 12.1 Å². The highest BCUT2D eigenvalue weighted by Crippen LogP contribution is 2.25. The number of piperidine rings is 1. The van der Waals surface area contributed by atoms with Crippen molar-refractivity contribution in [1.29, 1.82) is 0 Å². The van der Waals surface area contributed by atoms with E-state index in [-0.39, 0.29) is 24.0 Å². The number of halogens is 3. The third-order valence-electron chi connectivity index (χ3n) is 4.95. The molecule has 1 fully saturated rings. The summed E-state index contributed by atoms with van der Waals surface area (Å²) in [4.78, 5) is 28.6. The van der Waals surface area contributed by atoms with Crippen molar-refractivity contribution in [2.24, 2.45) is 5.92 Å². The zero-order valence-electron chi connectivity index (χ0n) is 15.5. The summed E-state index contributed by atoms with van der Waals surface area (Å²) in [6.45, 7) is 2.79. The Morgan fingerprint density at radius 3 is 2.43 bits per heavy atom. The summed E-state index contributed by atoms with van der Waals surface area (Å²) in [5.41, 5.74) is 0.649. The van der Waals surface area contributed by atoms with E-state index in [1.165, 1.54) is 35.2 Å². The van der Waals surface area contributed by atoms with Crippen LogP contribution < -0.4 is 4.90 Å². The average Bonchev–Trinajstić information content (AvgIpc) is 2.71. The van der Waals surface area contributed by atoms with E-state index in [4.69, 9.17) is 0 Å². The maximum atomic E-state index is 13.6. The van der Waals surface area contributed by atoms with Gasteiger partial charge in [0.1, 0.15) is 5.82 Å². The van der Waals surface area contributed by atoms with Gasteiger partial charge in [0.2, 0.25) is 5.91 Å². The first-order valence-corrected chi connectivity index (χ1v) is 9.22. The average molecular weight is 390 g/mol. The number of rotatable bonds is 4. The molecule has 0 aliphatic carbocycles. The van der Waals surface area contributed by atoms with Gasteiger partial charge in [0.05, 0.1) is 5.92 Å². The van der Waals surface area contributed by atoms with Crippen molar-refractivity contribution >= 4 is 17.5 Å². The molecule has 0 N–H and O–H groups in total. The van der Waals surface area contributed by atoms with Crippen LogP contribution in [0.25, 0.3) is 0 Å². The third kappa shape index (κ3) is 4.18. The number of benzene rings is 2. The summed E-state index contributed by atoms with van der Waals surface area (Å²) < 4.78 is 39.9. The van der Waals surface area contributed by atoms with Gasteiger partial charge in [-0.25, -0.2) is 13.2 Å². The highest BCUT2D eigenvalue weighted by molar-refractivity contribution is 5.97. The summed E-state index contributed by atoms with van der Waals surface area (Å²) in [5.74, 6) is -3.33. The van der Waals surface area contributed by atoms with Gasteiger partial charge in [-0.05, 0) is 56.2 Å². The Labute approximate surface area is 161 Å². The molecule has 1 saturated heterocycles. The number of hydrogen-bond acceptors (Lipinski definition) is 2. The predicted octanol–water partition coefficient (Wildman–Crippen LogP) is 4.01. The molecule has 3 rings (SSSR count). The molecule has 28 heavy (non-hydrogen) atoms. The van der Waals surface area contributed by atoms with E-state index in [2.05, 4.69) is 0 Å². The second kappa shape index (κ2) is 8.46. The van der Waals surface area contributed by atoms with E-state index in [9.17, 15) is 22.8 Å². The highest BCUT2D eigenvalue weighted by Gasteiger charge is 2.32. The number of anilines is 1. The maximum absolute atomic E-state index is 13.6. The molecule has 2 aromatic carbocycles. The molecule has 1 heterocycles. The molecule has 0 spiro atoms. The molecule has 7 heteroatoms. The van der Waals surface area contributed by atoms with Gasteiger partial charge < -0.3 is 9.80 Å². The van der Waals surface area contributed by atoms with Crippen molar-refractivity contribution in [3.05, 3.63) is 65.5 Å². The van der Waals surface area contributed by atoms with Crippen molar-refractivity contribution < 1.29 is 22.8 Å². The zero-order chi connectivity index (χ0) is 20.3. The topological polar surface area (TPSA) is 40.6 Å². The lowest BCUT2D eigenvalue weighted by Gasteiger charge is -2.35. The number of carbonyl (C=O) groups is 2. The highest BCUT2D eigenvalue weighted by atomic mass is 19.2. The molecule has 1 unspecified atom stereocenters. The van der Waals surface area contributed by atoms with Crippen LogP contribution in [0, 0.1) is 23.4 Å². The van der Waals surface area contributed by atoms with Crippen LogP contribution >= 0.6 is 0 Å². The molecule has 1 atom stereocenters. The Balaban J connectivity index is 1.74. The molecule has 0 saturated carbocycles. The quantitative estimate of drug-likeness (QED) is 0.792. The lowest BCUT2D eigenvalue weighted by Crippen LogP contribution is -2.47. The van der Waals surface area contributed by atoms with Gasteiger partial charge in [-0.15, -0.1) is 0 Å². The van der Waals surface area contributed by atoms with E-state index >= 15 is 0 Å². The van der Waals surface area contributed by atoms with Crippen molar-refractivity contribution in [3.8, 4) is 0 Å². The fraction of sp³-hybridized carbons (Fsp3) is 0.333. The predicted molar refractivity (Wildman–Crippen MR) is 99.4 cm³/mol. The second-order valence-corrected chi connectivity index (χ2v) is 6.78. The smallest absolute Gasteiger partial charge is 0.253 e. The Morgan fingerprint density at radius 1 is 1.07 bits per heavy atom. The van der Waals surface area contributed by atoms with E-state index in [1.807, 2.05) is 0 Å². The summed E-state index contributed by atoms with van der Waals surface area (Å²) in [6.07, 6.45) is 1.25. The normalized spacial score (nSPS) is 16.7. The monoisotopic (exact) mass is 390 g/mol. The van der Waals surface area contributed by atoms with E-state index in [1.54, 1.807) is 11.8 Å². The largest absolute Gasteiger partial charge is 0.338 e. The fourth-order valence-electron chi connectivity index (χ4n) is 3.48. The van der Waals surface area contributed by atoms with Crippen LogP contribution in [0.2, 0.25) is 0 Å². The molecule has 0 aromatic heterocycles. The summed E-state index contributed by atoms with van der Waals surface area (Å²) in [7, 11) is 0. The Bertz CT molecular complexity index is 870. The van der Waals surface area contributed by atoms with Crippen molar-refractivity contribution in [2.75, 3.05) is 24.5 Å². The van der Waals surface area contributed by atoms with Crippen LogP contribution in [0.3, 0.4) is 0 Å². The first kappa shape index (κ1) is 19.9. The molecule has 2 amide bonds. The number of hydrogen-bond donors (Lipinski definition) is 0. The van der Waals surface area contributed by atoms with Crippen LogP contribution in [0.4, 0.5) is 18.9 Å². The fourth-order valence-corrected chi connectivity index (χ4v) is 3.48. The first-order valence-electron chi connectivity index (χ1n) is 9.22. The molecular formula is C21H21F3N2O2. The summed E-state index contributed by atoms with van der Waals surface area (Å²) in [5, 5.41) is 0. The number of carbonyl (C=O) groups excluding carboxylic acids is 2. The molecule has 4 nitrogen and oxygen atoms in total. The van der Waals surface area contributed by atoms with Gasteiger partial charge in [0.15, 0.2) is 11.6 Å². The number of likely N-dealkylation sites (tertiary alicyclic amines) is 1. The molecule has 0 radical (unpaired) electrons. The van der Waals surface area contributed by atoms with Crippen molar-refractivity contribution in [1.82, 2.24) is 4.90 Å². The lowest BCUT2D eigenvalue weighted by atomic mass is 9.95. The van der Waals surface area contributed by atoms with Crippen LogP contribution in [-0.4, -0.2) is 36.3 Å². The molecule has 148 valence electrons. The minimum atomic E-state index is -1.01. The first-order chi connectivity index (χ1) is 13.4. The van der Waals surface area contributed by atoms with Crippen molar-refractivity contribution in [3.63, 3.8) is 0 Å². The molecule has 1 aliphatic rings. The van der Waals surface area contributed by atoms with Crippen LogP contribution in [0.1, 0.15) is 30.1 Å². The summed E-state index contributed by atoms with van der Waals surface area (Å²) >= 11 is 0. The number of nitrogens with zero attached hydrogens (tertiary/aromatic N) is 2. The minimum Gasteiger partial charge on any atom is -0.338 e. The Hall–Kier alpha value is -2.83. The van der Waals surface area contributed by atoms with Gasteiger partial charge in [-0.3, -0.25) is 9.59 Å². The summed E-state index contributed by atoms with van der Waals surface area (Å²) in [6, 6.07) is 8.64. The number of amides is 2. The third-order valence-corrected chi connectivity index (χ3v) is 4.95.